The second-order valence-corrected chi connectivity index (χ2v) is 5.18. The van der Waals surface area contributed by atoms with E-state index in [0.29, 0.717) is 11.6 Å². The first-order chi connectivity index (χ1) is 11.0. The van der Waals surface area contributed by atoms with Crippen LogP contribution in [0.2, 0.25) is 0 Å². The minimum atomic E-state index is -0.504. The molecule has 0 fully saturated rings. The Morgan fingerprint density at radius 1 is 1.30 bits per heavy atom. The van der Waals surface area contributed by atoms with Crippen LogP contribution >= 0.6 is 0 Å². The van der Waals surface area contributed by atoms with Crippen LogP contribution in [0.25, 0.3) is 0 Å². The van der Waals surface area contributed by atoms with Crippen molar-refractivity contribution in [2.45, 2.75) is 26.2 Å². The fraction of sp³-hybridized carbons (Fsp3) is 0.353. The van der Waals surface area contributed by atoms with Crippen LogP contribution in [0, 0.1) is 11.3 Å². The van der Waals surface area contributed by atoms with Crippen LogP contribution in [0.3, 0.4) is 0 Å². The maximum absolute atomic E-state index is 12.0. The monoisotopic (exact) mass is 315 g/mol. The molecule has 1 amide bonds. The summed E-state index contributed by atoms with van der Waals surface area (Å²) in [5, 5.41) is 14.4. The molecule has 2 N–H and O–H groups in total. The minimum absolute atomic E-state index is 0.0669. The number of anilines is 1. The third-order valence-electron chi connectivity index (χ3n) is 3.15. The zero-order valence-corrected chi connectivity index (χ0v) is 13.6. The largest absolute Gasteiger partial charge is 0.469 e. The van der Waals surface area contributed by atoms with Crippen molar-refractivity contribution in [1.82, 2.24) is 5.32 Å². The van der Waals surface area contributed by atoms with Crippen LogP contribution in [0.1, 0.15) is 31.7 Å². The maximum Gasteiger partial charge on any atom is 0.307 e. The van der Waals surface area contributed by atoms with E-state index in [1.54, 1.807) is 12.1 Å². The summed E-state index contributed by atoms with van der Waals surface area (Å²) in [4.78, 5) is 23.0. The molecule has 0 saturated carbocycles. The molecular weight excluding hydrogens is 294 g/mol. The van der Waals surface area contributed by atoms with Gasteiger partial charge in [-0.3, -0.25) is 9.59 Å². The minimum Gasteiger partial charge on any atom is -0.469 e. The molecule has 1 aromatic rings. The summed E-state index contributed by atoms with van der Waals surface area (Å²) in [5.41, 5.74) is 1.72. The molecule has 122 valence electrons. The second-order valence-electron chi connectivity index (χ2n) is 5.18. The SMILES string of the molecule is COC(=O)CCN/C=C(/C#N)C(=O)Nc1ccc(C(C)C)cc1. The van der Waals surface area contributed by atoms with Gasteiger partial charge in [-0.25, -0.2) is 0 Å². The van der Waals surface area contributed by atoms with Crippen LogP contribution in [0.5, 0.6) is 0 Å². The number of nitrogens with zero attached hydrogens (tertiary/aromatic N) is 1. The lowest BCUT2D eigenvalue weighted by Crippen LogP contribution is -2.18. The van der Waals surface area contributed by atoms with Gasteiger partial charge >= 0.3 is 5.97 Å². The Labute approximate surface area is 136 Å². The summed E-state index contributed by atoms with van der Waals surface area (Å²) in [6.45, 7) is 4.46. The Balaban J connectivity index is 2.59. The molecule has 0 aliphatic carbocycles. The van der Waals surface area contributed by atoms with Gasteiger partial charge < -0.3 is 15.4 Å². The van der Waals surface area contributed by atoms with E-state index in [2.05, 4.69) is 29.2 Å². The first-order valence-corrected chi connectivity index (χ1v) is 7.29. The number of nitrogens with one attached hydrogen (secondary N) is 2. The fourth-order valence-corrected chi connectivity index (χ4v) is 1.75. The van der Waals surface area contributed by atoms with Gasteiger partial charge in [0.25, 0.3) is 5.91 Å². The van der Waals surface area contributed by atoms with Gasteiger partial charge in [-0.15, -0.1) is 0 Å². The Hall–Kier alpha value is -2.81. The van der Waals surface area contributed by atoms with E-state index in [1.165, 1.54) is 18.9 Å². The van der Waals surface area contributed by atoms with Gasteiger partial charge in [0.2, 0.25) is 0 Å². The lowest BCUT2D eigenvalue weighted by Gasteiger charge is -2.08. The molecule has 0 saturated heterocycles. The Morgan fingerprint density at radius 3 is 2.48 bits per heavy atom. The Bertz CT molecular complexity index is 613. The molecule has 6 nitrogen and oxygen atoms in total. The maximum atomic E-state index is 12.0. The van der Waals surface area contributed by atoms with E-state index in [0.717, 1.165) is 0 Å². The second kappa shape index (κ2) is 9.26. The normalized spacial score (nSPS) is 10.8. The first-order valence-electron chi connectivity index (χ1n) is 7.29. The van der Waals surface area contributed by atoms with E-state index in [1.807, 2.05) is 18.2 Å². The van der Waals surface area contributed by atoms with Crippen LogP contribution in [0.15, 0.2) is 36.0 Å². The zero-order chi connectivity index (χ0) is 17.2. The molecule has 0 heterocycles. The number of nitriles is 1. The van der Waals surface area contributed by atoms with Gasteiger partial charge in [0.1, 0.15) is 11.6 Å². The van der Waals surface area contributed by atoms with Crippen molar-refractivity contribution in [3.8, 4) is 6.07 Å². The van der Waals surface area contributed by atoms with Crippen LogP contribution in [-0.4, -0.2) is 25.5 Å². The van der Waals surface area contributed by atoms with Gasteiger partial charge in [-0.2, -0.15) is 5.26 Å². The molecule has 1 rings (SSSR count). The number of esters is 1. The highest BCUT2D eigenvalue weighted by molar-refractivity contribution is 6.06. The van der Waals surface area contributed by atoms with Crippen molar-refractivity contribution in [1.29, 1.82) is 5.26 Å². The topological polar surface area (TPSA) is 91.2 Å². The molecule has 0 aliphatic rings. The molecule has 0 unspecified atom stereocenters. The number of amides is 1. The lowest BCUT2D eigenvalue weighted by atomic mass is 10.0. The number of benzene rings is 1. The van der Waals surface area contributed by atoms with Crippen molar-refractivity contribution < 1.29 is 14.3 Å². The molecule has 0 aromatic heterocycles. The van der Waals surface area contributed by atoms with E-state index >= 15 is 0 Å². The summed E-state index contributed by atoms with van der Waals surface area (Å²) < 4.78 is 4.49. The summed E-state index contributed by atoms with van der Waals surface area (Å²) in [6, 6.07) is 9.29. The van der Waals surface area contributed by atoms with Crippen LogP contribution in [-0.2, 0) is 14.3 Å². The van der Waals surface area contributed by atoms with Gasteiger partial charge in [-0.1, -0.05) is 26.0 Å². The van der Waals surface area contributed by atoms with Crippen LogP contribution < -0.4 is 10.6 Å². The fourth-order valence-electron chi connectivity index (χ4n) is 1.75. The molecule has 0 radical (unpaired) electrons. The number of carbonyl (C=O) groups excluding carboxylic acids is 2. The highest BCUT2D eigenvalue weighted by Crippen LogP contribution is 2.17. The average Bonchev–Trinajstić information content (AvgIpc) is 2.54. The Kier molecular flexibility index (Phi) is 7.34. The van der Waals surface area contributed by atoms with E-state index in [-0.39, 0.29) is 24.5 Å². The number of carbonyl (C=O) groups is 2. The highest BCUT2D eigenvalue weighted by Gasteiger charge is 2.09. The molecule has 0 atom stereocenters. The van der Waals surface area contributed by atoms with Gasteiger partial charge in [-0.05, 0) is 23.6 Å². The summed E-state index contributed by atoms with van der Waals surface area (Å²) >= 11 is 0. The van der Waals surface area contributed by atoms with Gasteiger partial charge in [0, 0.05) is 18.4 Å². The first kappa shape index (κ1) is 18.2. The quantitative estimate of drug-likeness (QED) is 0.349. The summed E-state index contributed by atoms with van der Waals surface area (Å²) in [7, 11) is 1.30. The molecule has 0 bridgehead atoms. The van der Waals surface area contributed by atoms with E-state index in [4.69, 9.17) is 5.26 Å². The molecule has 6 heteroatoms. The third kappa shape index (κ3) is 6.22. The number of rotatable bonds is 7. The predicted molar refractivity (Wildman–Crippen MR) is 87.5 cm³/mol. The summed E-state index contributed by atoms with van der Waals surface area (Å²) in [6.07, 6.45) is 1.45. The molecule has 23 heavy (non-hydrogen) atoms. The van der Waals surface area contributed by atoms with E-state index in [9.17, 15) is 9.59 Å². The highest BCUT2D eigenvalue weighted by atomic mass is 16.5. The van der Waals surface area contributed by atoms with Gasteiger partial charge in [0.05, 0.1) is 13.5 Å². The van der Waals surface area contributed by atoms with Crippen molar-refractivity contribution in [3.05, 3.63) is 41.6 Å². The van der Waals surface area contributed by atoms with Crippen molar-refractivity contribution in [2.24, 2.45) is 0 Å². The Morgan fingerprint density at radius 2 is 1.96 bits per heavy atom. The summed E-state index contributed by atoms with van der Waals surface area (Å²) in [5.74, 6) is -0.456. The number of ether oxygens (including phenoxy) is 1. The number of hydrogen-bond donors (Lipinski definition) is 2. The molecular formula is C17H21N3O3. The third-order valence-corrected chi connectivity index (χ3v) is 3.15. The number of hydrogen-bond acceptors (Lipinski definition) is 5. The van der Waals surface area contributed by atoms with Gasteiger partial charge in [0.15, 0.2) is 0 Å². The lowest BCUT2D eigenvalue weighted by molar-refractivity contribution is -0.140. The van der Waals surface area contributed by atoms with Crippen molar-refractivity contribution >= 4 is 17.6 Å². The van der Waals surface area contributed by atoms with Crippen molar-refractivity contribution in [3.63, 3.8) is 0 Å². The van der Waals surface area contributed by atoms with Crippen molar-refractivity contribution in [2.75, 3.05) is 19.0 Å². The van der Waals surface area contributed by atoms with Crippen LogP contribution in [0.4, 0.5) is 5.69 Å². The average molecular weight is 315 g/mol. The number of methoxy groups -OCH3 is 1. The molecule has 0 spiro atoms. The molecule has 0 aliphatic heterocycles. The zero-order valence-electron chi connectivity index (χ0n) is 13.6. The smallest absolute Gasteiger partial charge is 0.307 e. The van der Waals surface area contributed by atoms with E-state index < -0.39 is 5.91 Å². The predicted octanol–water partition coefficient (Wildman–Crippen LogP) is 2.31. The molecule has 1 aromatic carbocycles. The standard InChI is InChI=1S/C17H21N3O3/c1-12(2)13-4-6-15(7-5-13)20-17(22)14(10-18)11-19-9-8-16(21)23-3/h4-7,11-12,19H,8-9H2,1-3H3,(H,20,22)/b14-11-.